The molecule has 0 amide bonds. The summed E-state index contributed by atoms with van der Waals surface area (Å²) in [5.74, 6) is 0.718. The highest BCUT2D eigenvalue weighted by atomic mass is 16.6. The predicted molar refractivity (Wildman–Crippen MR) is 69.9 cm³/mol. The molecule has 1 atom stereocenters. The molecule has 0 N–H and O–H groups in total. The molecule has 0 bridgehead atoms. The van der Waals surface area contributed by atoms with E-state index in [9.17, 15) is 4.79 Å². The molecule has 3 heteroatoms. The summed E-state index contributed by atoms with van der Waals surface area (Å²) in [7, 11) is 0. The number of carbonyl (C=O) groups is 1. The molecule has 0 saturated heterocycles. The second kappa shape index (κ2) is 7.70. The van der Waals surface area contributed by atoms with Crippen LogP contribution >= 0.6 is 0 Å². The largest absolute Gasteiger partial charge is 0.460 e. The van der Waals surface area contributed by atoms with Crippen molar-refractivity contribution in [1.29, 1.82) is 0 Å². The predicted octanol–water partition coefficient (Wildman–Crippen LogP) is 3.42. The van der Waals surface area contributed by atoms with Gasteiger partial charge in [0.1, 0.15) is 5.60 Å². The van der Waals surface area contributed by atoms with E-state index >= 15 is 0 Å². The van der Waals surface area contributed by atoms with Crippen LogP contribution in [0.2, 0.25) is 0 Å². The normalized spacial score (nSPS) is 13.8. The number of ether oxygens (including phenoxy) is 2. The van der Waals surface area contributed by atoms with E-state index in [0.717, 1.165) is 6.42 Å². The van der Waals surface area contributed by atoms with E-state index < -0.39 is 5.60 Å². The lowest BCUT2D eigenvalue weighted by atomic mass is 9.95. The molecule has 0 radical (unpaired) electrons. The highest BCUT2D eigenvalue weighted by molar-refractivity contribution is 5.70. The van der Waals surface area contributed by atoms with Gasteiger partial charge < -0.3 is 9.47 Å². The van der Waals surface area contributed by atoms with E-state index in [1.54, 1.807) is 0 Å². The first kappa shape index (κ1) is 16.4. The number of hydrogen-bond donors (Lipinski definition) is 0. The topological polar surface area (TPSA) is 35.5 Å². The summed E-state index contributed by atoms with van der Waals surface area (Å²) in [6.45, 7) is 13.3. The fourth-order valence-electron chi connectivity index (χ4n) is 1.78. The molecule has 0 saturated carbocycles. The quantitative estimate of drug-likeness (QED) is 0.644. The first-order chi connectivity index (χ1) is 7.74. The Labute approximate surface area is 106 Å². The summed E-state index contributed by atoms with van der Waals surface area (Å²) in [6, 6.07) is 0. The maximum absolute atomic E-state index is 11.7. The van der Waals surface area contributed by atoms with E-state index in [-0.39, 0.29) is 11.9 Å². The molecular weight excluding hydrogens is 216 g/mol. The standard InChI is InChI=1S/C14H28O3/c1-7-16-10-12(8-11(2)3)9-13(15)17-14(4,5)6/h11-12H,7-10H2,1-6H3/t12-/m0/s1. The van der Waals surface area contributed by atoms with Crippen LogP contribution in [0.25, 0.3) is 0 Å². The van der Waals surface area contributed by atoms with Gasteiger partial charge in [0, 0.05) is 13.2 Å². The lowest BCUT2D eigenvalue weighted by Gasteiger charge is -2.23. The number of carbonyl (C=O) groups excluding carboxylic acids is 1. The van der Waals surface area contributed by atoms with Gasteiger partial charge in [-0.05, 0) is 46.0 Å². The Hall–Kier alpha value is -0.570. The van der Waals surface area contributed by atoms with Crippen LogP contribution in [0.1, 0.15) is 54.4 Å². The van der Waals surface area contributed by atoms with E-state index in [0.29, 0.717) is 25.6 Å². The molecule has 0 aromatic carbocycles. The Morgan fingerprint density at radius 2 is 1.82 bits per heavy atom. The molecule has 0 spiro atoms. The smallest absolute Gasteiger partial charge is 0.306 e. The van der Waals surface area contributed by atoms with Crippen LogP contribution in [0.4, 0.5) is 0 Å². The van der Waals surface area contributed by atoms with E-state index in [2.05, 4.69) is 13.8 Å². The summed E-state index contributed by atoms with van der Waals surface area (Å²) in [6.07, 6.45) is 1.45. The fourth-order valence-corrected chi connectivity index (χ4v) is 1.78. The van der Waals surface area contributed by atoms with Crippen LogP contribution in [0.15, 0.2) is 0 Å². The zero-order chi connectivity index (χ0) is 13.5. The van der Waals surface area contributed by atoms with Gasteiger partial charge in [0.25, 0.3) is 0 Å². The van der Waals surface area contributed by atoms with Crippen molar-refractivity contribution in [2.75, 3.05) is 13.2 Å². The van der Waals surface area contributed by atoms with Crippen LogP contribution in [0.5, 0.6) is 0 Å². The van der Waals surface area contributed by atoms with Crippen molar-refractivity contribution in [3.63, 3.8) is 0 Å². The van der Waals surface area contributed by atoms with Crippen LogP contribution in [-0.4, -0.2) is 24.8 Å². The Morgan fingerprint density at radius 1 is 1.24 bits per heavy atom. The minimum Gasteiger partial charge on any atom is -0.460 e. The second-order valence-corrected chi connectivity index (χ2v) is 5.95. The molecule has 0 aliphatic rings. The highest BCUT2D eigenvalue weighted by Gasteiger charge is 2.21. The molecule has 0 aliphatic heterocycles. The van der Waals surface area contributed by atoms with Gasteiger partial charge in [0.15, 0.2) is 0 Å². The minimum absolute atomic E-state index is 0.122. The van der Waals surface area contributed by atoms with Crippen LogP contribution in [-0.2, 0) is 14.3 Å². The SMILES string of the molecule is CCOC[C@H](CC(=O)OC(C)(C)C)CC(C)C. The summed E-state index contributed by atoms with van der Waals surface area (Å²) in [4.78, 5) is 11.7. The Bertz CT molecular complexity index is 216. The van der Waals surface area contributed by atoms with Gasteiger partial charge in [-0.25, -0.2) is 0 Å². The van der Waals surface area contributed by atoms with Crippen molar-refractivity contribution in [1.82, 2.24) is 0 Å². The molecule has 0 rings (SSSR count). The third kappa shape index (κ3) is 10.3. The van der Waals surface area contributed by atoms with Crippen molar-refractivity contribution in [3.8, 4) is 0 Å². The van der Waals surface area contributed by atoms with Crippen molar-refractivity contribution in [2.45, 2.75) is 60.0 Å². The van der Waals surface area contributed by atoms with Gasteiger partial charge in [-0.15, -0.1) is 0 Å². The number of rotatable bonds is 7. The van der Waals surface area contributed by atoms with Crippen molar-refractivity contribution < 1.29 is 14.3 Å². The second-order valence-electron chi connectivity index (χ2n) is 5.95. The zero-order valence-electron chi connectivity index (χ0n) is 12.2. The molecule has 0 aliphatic carbocycles. The maximum atomic E-state index is 11.7. The summed E-state index contributed by atoms with van der Waals surface area (Å²) in [5, 5.41) is 0. The summed E-state index contributed by atoms with van der Waals surface area (Å²) >= 11 is 0. The maximum Gasteiger partial charge on any atom is 0.306 e. The van der Waals surface area contributed by atoms with Gasteiger partial charge in [0.2, 0.25) is 0 Å². The van der Waals surface area contributed by atoms with E-state index in [4.69, 9.17) is 9.47 Å². The molecule has 3 nitrogen and oxygen atoms in total. The van der Waals surface area contributed by atoms with Crippen molar-refractivity contribution in [2.24, 2.45) is 11.8 Å². The summed E-state index contributed by atoms with van der Waals surface area (Å²) in [5.41, 5.74) is -0.398. The molecular formula is C14H28O3. The van der Waals surface area contributed by atoms with Gasteiger partial charge in [-0.3, -0.25) is 4.79 Å². The first-order valence-electron chi connectivity index (χ1n) is 6.54. The number of hydrogen-bond acceptors (Lipinski definition) is 3. The lowest BCUT2D eigenvalue weighted by molar-refractivity contribution is -0.156. The minimum atomic E-state index is -0.398. The highest BCUT2D eigenvalue weighted by Crippen LogP contribution is 2.18. The van der Waals surface area contributed by atoms with Crippen molar-refractivity contribution in [3.05, 3.63) is 0 Å². The Balaban J connectivity index is 4.17. The molecule has 102 valence electrons. The van der Waals surface area contributed by atoms with Gasteiger partial charge in [0.05, 0.1) is 6.42 Å². The lowest BCUT2D eigenvalue weighted by Crippen LogP contribution is -2.26. The summed E-state index contributed by atoms with van der Waals surface area (Å²) < 4.78 is 10.8. The molecule has 0 aromatic rings. The third-order valence-corrected chi connectivity index (χ3v) is 2.24. The molecule has 0 fully saturated rings. The van der Waals surface area contributed by atoms with Crippen LogP contribution in [0, 0.1) is 11.8 Å². The van der Waals surface area contributed by atoms with Gasteiger partial charge in [-0.1, -0.05) is 13.8 Å². The van der Waals surface area contributed by atoms with Crippen LogP contribution in [0.3, 0.4) is 0 Å². The first-order valence-corrected chi connectivity index (χ1v) is 6.54. The third-order valence-electron chi connectivity index (χ3n) is 2.24. The van der Waals surface area contributed by atoms with Crippen molar-refractivity contribution >= 4 is 5.97 Å². The molecule has 0 aromatic heterocycles. The average Bonchev–Trinajstić information content (AvgIpc) is 2.09. The fraction of sp³-hybridized carbons (Fsp3) is 0.929. The molecule has 0 unspecified atom stereocenters. The Kier molecular flexibility index (Phi) is 7.44. The van der Waals surface area contributed by atoms with Gasteiger partial charge in [-0.2, -0.15) is 0 Å². The number of esters is 1. The molecule has 17 heavy (non-hydrogen) atoms. The van der Waals surface area contributed by atoms with Crippen LogP contribution < -0.4 is 0 Å². The monoisotopic (exact) mass is 244 g/mol. The van der Waals surface area contributed by atoms with E-state index in [1.807, 2.05) is 27.7 Å². The van der Waals surface area contributed by atoms with Gasteiger partial charge >= 0.3 is 5.97 Å². The average molecular weight is 244 g/mol. The Morgan fingerprint density at radius 3 is 2.24 bits per heavy atom. The zero-order valence-corrected chi connectivity index (χ0v) is 12.2. The van der Waals surface area contributed by atoms with E-state index in [1.165, 1.54) is 0 Å². The molecule has 0 heterocycles.